The van der Waals surface area contributed by atoms with Gasteiger partial charge in [-0.15, -0.1) is 0 Å². The Morgan fingerprint density at radius 3 is 2.63 bits per heavy atom. The molecule has 6 nitrogen and oxygen atoms in total. The number of halogens is 2. The Bertz CT molecular complexity index is 973. The highest BCUT2D eigenvalue weighted by molar-refractivity contribution is 5.92. The predicted octanol–water partition coefficient (Wildman–Crippen LogP) is 5.24. The maximum absolute atomic E-state index is 14.5. The smallest absolute Gasteiger partial charge is 0.412 e. The van der Waals surface area contributed by atoms with Gasteiger partial charge in [-0.1, -0.05) is 6.92 Å². The van der Waals surface area contributed by atoms with Gasteiger partial charge in [-0.05, 0) is 51.8 Å². The molecule has 1 N–H and O–H groups in total. The zero-order chi connectivity index (χ0) is 22.1. The van der Waals surface area contributed by atoms with E-state index in [2.05, 4.69) is 15.3 Å². The van der Waals surface area contributed by atoms with E-state index in [0.717, 1.165) is 18.2 Å². The molecule has 2 unspecified atom stereocenters. The number of anilines is 1. The second-order valence-electron chi connectivity index (χ2n) is 8.57. The topological polar surface area (TPSA) is 81.2 Å². The largest absolute Gasteiger partial charge is 0.444 e. The van der Waals surface area contributed by atoms with E-state index in [-0.39, 0.29) is 34.6 Å². The number of nitrogens with zero attached hydrogens (tertiary/aromatic N) is 2. The van der Waals surface area contributed by atoms with Gasteiger partial charge in [0, 0.05) is 23.8 Å². The molecule has 0 bridgehead atoms. The summed E-state index contributed by atoms with van der Waals surface area (Å²) < 4.78 is 33.7. The summed E-state index contributed by atoms with van der Waals surface area (Å²) in [5, 5.41) is 2.64. The summed E-state index contributed by atoms with van der Waals surface area (Å²) in [7, 11) is 0. The molecule has 1 saturated carbocycles. The summed E-state index contributed by atoms with van der Waals surface area (Å²) >= 11 is 0. The molecule has 0 radical (unpaired) electrons. The molecule has 0 aliphatic heterocycles. The third kappa shape index (κ3) is 4.98. The number of hydrogen-bond donors (Lipinski definition) is 1. The van der Waals surface area contributed by atoms with Crippen LogP contribution in [0.15, 0.2) is 24.5 Å². The minimum absolute atomic E-state index is 0.0624. The lowest BCUT2D eigenvalue weighted by atomic mass is 9.79. The van der Waals surface area contributed by atoms with E-state index < -0.39 is 23.3 Å². The Morgan fingerprint density at radius 1 is 1.23 bits per heavy atom. The van der Waals surface area contributed by atoms with Crippen LogP contribution in [0, 0.1) is 17.6 Å². The molecule has 1 amide bonds. The molecule has 1 aliphatic carbocycles. The number of amides is 1. The van der Waals surface area contributed by atoms with Crippen LogP contribution >= 0.6 is 0 Å². The Kier molecular flexibility index (Phi) is 6.14. The lowest BCUT2D eigenvalue weighted by Crippen LogP contribution is -2.29. The van der Waals surface area contributed by atoms with Crippen LogP contribution in [0.3, 0.4) is 0 Å². The number of ketones is 1. The third-order valence-corrected chi connectivity index (χ3v) is 5.00. The van der Waals surface area contributed by atoms with Gasteiger partial charge in [-0.3, -0.25) is 10.1 Å². The molecule has 2 aromatic rings. The highest BCUT2D eigenvalue weighted by Crippen LogP contribution is 2.40. The highest BCUT2D eigenvalue weighted by Gasteiger charge is 2.31. The fraction of sp³-hybridized carbons (Fsp3) is 0.455. The van der Waals surface area contributed by atoms with Crippen molar-refractivity contribution in [2.24, 2.45) is 5.92 Å². The van der Waals surface area contributed by atoms with E-state index in [9.17, 15) is 18.4 Å². The maximum atomic E-state index is 14.5. The highest BCUT2D eigenvalue weighted by atomic mass is 19.1. The lowest BCUT2D eigenvalue weighted by Gasteiger charge is -2.28. The van der Waals surface area contributed by atoms with Crippen LogP contribution in [0.1, 0.15) is 58.6 Å². The van der Waals surface area contributed by atoms with Gasteiger partial charge in [0.25, 0.3) is 0 Å². The van der Waals surface area contributed by atoms with Crippen LogP contribution in [0.2, 0.25) is 0 Å². The van der Waals surface area contributed by atoms with E-state index in [1.165, 1.54) is 6.33 Å². The molecular formula is C22H25F2N3O3. The van der Waals surface area contributed by atoms with Gasteiger partial charge in [0.1, 0.15) is 35.0 Å². The van der Waals surface area contributed by atoms with Crippen molar-refractivity contribution in [2.45, 2.75) is 58.5 Å². The van der Waals surface area contributed by atoms with Crippen molar-refractivity contribution in [1.82, 2.24) is 9.97 Å². The van der Waals surface area contributed by atoms with Gasteiger partial charge >= 0.3 is 6.09 Å². The first-order chi connectivity index (χ1) is 14.0. The summed E-state index contributed by atoms with van der Waals surface area (Å²) in [6.45, 7) is 7.01. The molecule has 0 saturated heterocycles. The maximum Gasteiger partial charge on any atom is 0.412 e. The van der Waals surface area contributed by atoms with Gasteiger partial charge in [0.05, 0.1) is 11.4 Å². The molecular weight excluding hydrogens is 392 g/mol. The first kappa shape index (κ1) is 21.8. The molecule has 1 aromatic heterocycles. The quantitative estimate of drug-likeness (QED) is 0.738. The molecule has 160 valence electrons. The predicted molar refractivity (Wildman–Crippen MR) is 108 cm³/mol. The molecule has 1 fully saturated rings. The second kappa shape index (κ2) is 8.45. The van der Waals surface area contributed by atoms with E-state index in [1.54, 1.807) is 20.8 Å². The standard InChI is InChI=1S/C22H25F2N3O3/c1-12-9-13(5-8-17(12)28)18-20(27-21(29)30-22(2,3)4)19(26-11-25-18)15-10-14(23)6-7-16(15)24/h6-7,10-13H,5,8-9H2,1-4H3,(H,27,29). The summed E-state index contributed by atoms with van der Waals surface area (Å²) in [5.74, 6) is -1.42. The van der Waals surface area contributed by atoms with Crippen LogP contribution in [0.4, 0.5) is 19.3 Å². The number of nitrogens with one attached hydrogen (secondary N) is 1. The number of hydrogen-bond acceptors (Lipinski definition) is 5. The molecule has 0 spiro atoms. The molecule has 1 aliphatic rings. The lowest BCUT2D eigenvalue weighted by molar-refractivity contribution is -0.124. The Morgan fingerprint density at radius 2 is 1.97 bits per heavy atom. The monoisotopic (exact) mass is 417 g/mol. The van der Waals surface area contributed by atoms with E-state index in [1.807, 2.05) is 6.92 Å². The van der Waals surface area contributed by atoms with E-state index in [0.29, 0.717) is 25.0 Å². The van der Waals surface area contributed by atoms with Crippen molar-refractivity contribution in [2.75, 3.05) is 5.32 Å². The van der Waals surface area contributed by atoms with Crippen molar-refractivity contribution >= 4 is 17.6 Å². The second-order valence-corrected chi connectivity index (χ2v) is 8.57. The van der Waals surface area contributed by atoms with Crippen molar-refractivity contribution < 1.29 is 23.1 Å². The van der Waals surface area contributed by atoms with E-state index >= 15 is 0 Å². The number of benzene rings is 1. The summed E-state index contributed by atoms with van der Waals surface area (Å²) in [4.78, 5) is 32.9. The zero-order valence-corrected chi connectivity index (χ0v) is 17.5. The number of carbonyl (C=O) groups excluding carboxylic acids is 2. The van der Waals surface area contributed by atoms with Crippen LogP contribution in [0.5, 0.6) is 0 Å². The average Bonchev–Trinajstić information content (AvgIpc) is 2.65. The van der Waals surface area contributed by atoms with Crippen LogP contribution in [0.25, 0.3) is 11.3 Å². The van der Waals surface area contributed by atoms with Gasteiger partial charge in [0.15, 0.2) is 0 Å². The fourth-order valence-electron chi connectivity index (χ4n) is 3.61. The summed E-state index contributed by atoms with van der Waals surface area (Å²) in [6, 6.07) is 3.04. The van der Waals surface area contributed by atoms with Gasteiger partial charge < -0.3 is 4.74 Å². The van der Waals surface area contributed by atoms with Gasteiger partial charge in [-0.25, -0.2) is 23.5 Å². The van der Waals surface area contributed by atoms with Crippen molar-refractivity contribution in [1.29, 1.82) is 0 Å². The molecule has 1 heterocycles. The average molecular weight is 417 g/mol. The zero-order valence-electron chi connectivity index (χ0n) is 17.5. The normalized spacial score (nSPS) is 19.5. The minimum Gasteiger partial charge on any atom is -0.444 e. The molecule has 30 heavy (non-hydrogen) atoms. The molecule has 3 rings (SSSR count). The number of ether oxygens (including phenoxy) is 1. The van der Waals surface area contributed by atoms with Crippen LogP contribution < -0.4 is 5.32 Å². The number of rotatable bonds is 3. The van der Waals surface area contributed by atoms with Crippen molar-refractivity contribution in [3.63, 3.8) is 0 Å². The van der Waals surface area contributed by atoms with E-state index in [4.69, 9.17) is 4.74 Å². The Balaban J connectivity index is 2.09. The minimum atomic E-state index is -0.754. The van der Waals surface area contributed by atoms with Crippen LogP contribution in [-0.4, -0.2) is 27.4 Å². The molecule has 8 heteroatoms. The first-order valence-electron chi connectivity index (χ1n) is 9.88. The van der Waals surface area contributed by atoms with Gasteiger partial charge in [-0.2, -0.15) is 0 Å². The summed E-state index contributed by atoms with van der Waals surface area (Å²) in [5.41, 5.74) is -0.135. The number of Topliss-reactive ketones (excluding diaryl/α,β-unsaturated/α-hetero) is 1. The number of aromatic nitrogens is 2. The molecule has 2 atom stereocenters. The summed E-state index contributed by atoms with van der Waals surface area (Å²) in [6.07, 6.45) is 2.00. The first-order valence-corrected chi connectivity index (χ1v) is 9.88. The molecule has 1 aromatic carbocycles. The van der Waals surface area contributed by atoms with Gasteiger partial charge in [0.2, 0.25) is 0 Å². The van der Waals surface area contributed by atoms with Crippen molar-refractivity contribution in [3.8, 4) is 11.3 Å². The fourth-order valence-corrected chi connectivity index (χ4v) is 3.61. The number of carbonyl (C=O) groups is 2. The van der Waals surface area contributed by atoms with Crippen molar-refractivity contribution in [3.05, 3.63) is 41.9 Å². The Hall–Kier alpha value is -2.90. The Labute approximate surface area is 174 Å². The third-order valence-electron chi connectivity index (χ3n) is 5.00. The van der Waals surface area contributed by atoms with Crippen LogP contribution in [-0.2, 0) is 9.53 Å². The SMILES string of the molecule is CC1CC(c2ncnc(-c3cc(F)ccc3F)c2NC(=O)OC(C)(C)C)CCC1=O.